The average Bonchev–Trinajstić information content (AvgIpc) is 2.11. The van der Waals surface area contributed by atoms with E-state index in [9.17, 15) is 4.79 Å². The summed E-state index contributed by atoms with van der Waals surface area (Å²) >= 11 is 0. The van der Waals surface area contributed by atoms with E-state index in [1.165, 1.54) is 0 Å². The predicted octanol–water partition coefficient (Wildman–Crippen LogP) is 0.754. The number of rotatable bonds is 0. The van der Waals surface area contributed by atoms with Gasteiger partial charge in [0.05, 0.1) is 12.7 Å². The van der Waals surface area contributed by atoms with Crippen LogP contribution in [0.25, 0.3) is 0 Å². The van der Waals surface area contributed by atoms with Crippen molar-refractivity contribution in [2.45, 2.75) is 25.4 Å². The molecule has 0 spiro atoms. The maximum Gasteiger partial charge on any atom is 0.135 e. The van der Waals surface area contributed by atoms with Gasteiger partial charge in [0.25, 0.3) is 0 Å². The van der Waals surface area contributed by atoms with Crippen molar-refractivity contribution in [2.24, 2.45) is 5.92 Å². The number of Topliss-reactive ketones (excluding diaryl/α,β-unsaturated/α-hetero) is 1. The third-order valence-corrected chi connectivity index (χ3v) is 2.14. The first-order valence-corrected chi connectivity index (χ1v) is 3.48. The van der Waals surface area contributed by atoms with Crippen LogP contribution < -0.4 is 0 Å². The fourth-order valence-electron chi connectivity index (χ4n) is 1.72. The Hall–Kier alpha value is -0.370. The van der Waals surface area contributed by atoms with Crippen LogP contribution in [-0.4, -0.2) is 18.5 Å². The number of ketones is 1. The third-order valence-electron chi connectivity index (χ3n) is 2.14. The maximum atomic E-state index is 10.8. The number of hydrogen-bond donors (Lipinski definition) is 0. The van der Waals surface area contributed by atoms with Crippen molar-refractivity contribution in [2.75, 3.05) is 6.61 Å². The number of carbonyl (C=O) groups excluding carboxylic acids is 1. The number of fused-ring (bicyclic) bond motifs is 2. The van der Waals surface area contributed by atoms with E-state index in [2.05, 4.69) is 0 Å². The van der Waals surface area contributed by atoms with Crippen LogP contribution in [0.4, 0.5) is 0 Å². The summed E-state index contributed by atoms with van der Waals surface area (Å²) in [6.45, 7) is 0.830. The van der Waals surface area contributed by atoms with Crippen LogP contribution in [0.15, 0.2) is 0 Å². The molecule has 1 saturated carbocycles. The summed E-state index contributed by atoms with van der Waals surface area (Å²) in [6, 6.07) is 0. The van der Waals surface area contributed by atoms with Crippen LogP contribution in [0, 0.1) is 5.92 Å². The van der Waals surface area contributed by atoms with E-state index < -0.39 is 0 Å². The molecule has 9 heavy (non-hydrogen) atoms. The number of ether oxygens (including phenoxy) is 1. The topological polar surface area (TPSA) is 26.3 Å². The first-order chi connectivity index (χ1) is 4.34. The average molecular weight is 126 g/mol. The Kier molecular flexibility index (Phi) is 1.09. The molecule has 0 aromatic rings. The van der Waals surface area contributed by atoms with Gasteiger partial charge in [-0.3, -0.25) is 4.79 Å². The van der Waals surface area contributed by atoms with Crippen molar-refractivity contribution in [3.05, 3.63) is 0 Å². The lowest BCUT2D eigenvalue weighted by molar-refractivity contribution is -0.121. The molecule has 1 heterocycles. The monoisotopic (exact) mass is 126 g/mol. The molecule has 2 aliphatic rings. The molecule has 0 N–H and O–H groups in total. The van der Waals surface area contributed by atoms with Gasteiger partial charge in [-0.2, -0.15) is 0 Å². The summed E-state index contributed by atoms with van der Waals surface area (Å²) in [6.07, 6.45) is 2.87. The van der Waals surface area contributed by atoms with Gasteiger partial charge in [0, 0.05) is 12.8 Å². The second-order valence-electron chi connectivity index (χ2n) is 3.00. The Balaban J connectivity index is 2.11. The Morgan fingerprint density at radius 1 is 1.44 bits per heavy atom. The van der Waals surface area contributed by atoms with E-state index in [0.29, 0.717) is 18.1 Å². The molecule has 0 radical (unpaired) electrons. The molecule has 2 atom stereocenters. The van der Waals surface area contributed by atoms with Crippen molar-refractivity contribution in [1.82, 2.24) is 0 Å². The molecular formula is C7H10O2. The molecule has 2 fully saturated rings. The summed E-state index contributed by atoms with van der Waals surface area (Å²) in [5, 5.41) is 0. The fourth-order valence-corrected chi connectivity index (χ4v) is 1.72. The highest BCUT2D eigenvalue weighted by atomic mass is 16.5. The van der Waals surface area contributed by atoms with Crippen molar-refractivity contribution < 1.29 is 9.53 Å². The second kappa shape index (κ2) is 1.81. The van der Waals surface area contributed by atoms with Crippen LogP contribution in [-0.2, 0) is 9.53 Å². The summed E-state index contributed by atoms with van der Waals surface area (Å²) in [4.78, 5) is 10.8. The van der Waals surface area contributed by atoms with Crippen LogP contribution in [0.5, 0.6) is 0 Å². The van der Waals surface area contributed by atoms with Gasteiger partial charge in [0.1, 0.15) is 5.78 Å². The fraction of sp³-hybridized carbons (Fsp3) is 0.857. The van der Waals surface area contributed by atoms with E-state index in [0.717, 1.165) is 19.4 Å². The van der Waals surface area contributed by atoms with Crippen molar-refractivity contribution in [1.29, 1.82) is 0 Å². The second-order valence-corrected chi connectivity index (χ2v) is 3.00. The van der Waals surface area contributed by atoms with E-state index in [1.54, 1.807) is 0 Å². The normalized spacial score (nSPS) is 41.6. The highest BCUT2D eigenvalue weighted by Gasteiger charge is 2.33. The molecule has 1 aliphatic heterocycles. The maximum absolute atomic E-state index is 10.8. The lowest BCUT2D eigenvalue weighted by Gasteiger charge is -2.13. The summed E-state index contributed by atoms with van der Waals surface area (Å²) < 4.78 is 5.33. The molecule has 0 aromatic heterocycles. The van der Waals surface area contributed by atoms with Crippen molar-refractivity contribution in [3.8, 4) is 0 Å². The standard InChI is InChI=1S/C7H10O2/c8-6-1-5-2-7(3-6)9-4-5/h5,7H,1-4H2. The Morgan fingerprint density at radius 2 is 2.33 bits per heavy atom. The molecule has 2 heteroatoms. The Labute approximate surface area is 54.2 Å². The van der Waals surface area contributed by atoms with Gasteiger partial charge in [0.15, 0.2) is 0 Å². The third kappa shape index (κ3) is 0.874. The van der Waals surface area contributed by atoms with E-state index in [1.807, 2.05) is 0 Å². The van der Waals surface area contributed by atoms with Gasteiger partial charge in [-0.05, 0) is 12.3 Å². The largest absolute Gasteiger partial charge is 0.377 e. The predicted molar refractivity (Wildman–Crippen MR) is 32.1 cm³/mol. The first kappa shape index (κ1) is 5.42. The Morgan fingerprint density at radius 3 is 3.11 bits per heavy atom. The van der Waals surface area contributed by atoms with Crippen molar-refractivity contribution >= 4 is 5.78 Å². The van der Waals surface area contributed by atoms with Gasteiger partial charge < -0.3 is 4.74 Å². The minimum Gasteiger partial charge on any atom is -0.377 e. The van der Waals surface area contributed by atoms with Gasteiger partial charge in [-0.1, -0.05) is 0 Å². The van der Waals surface area contributed by atoms with Gasteiger partial charge in [0.2, 0.25) is 0 Å². The lowest BCUT2D eigenvalue weighted by Crippen LogP contribution is -2.18. The lowest BCUT2D eigenvalue weighted by atomic mass is 9.90. The molecule has 2 bridgehead atoms. The van der Waals surface area contributed by atoms with E-state index in [4.69, 9.17) is 4.74 Å². The molecular weight excluding hydrogens is 116 g/mol. The van der Waals surface area contributed by atoms with Gasteiger partial charge in [-0.15, -0.1) is 0 Å². The van der Waals surface area contributed by atoms with E-state index >= 15 is 0 Å². The zero-order valence-electron chi connectivity index (χ0n) is 5.30. The molecule has 1 saturated heterocycles. The van der Waals surface area contributed by atoms with Crippen molar-refractivity contribution in [3.63, 3.8) is 0 Å². The van der Waals surface area contributed by atoms with E-state index in [-0.39, 0.29) is 6.10 Å². The zero-order chi connectivity index (χ0) is 6.27. The highest BCUT2D eigenvalue weighted by molar-refractivity contribution is 5.80. The highest BCUT2D eigenvalue weighted by Crippen LogP contribution is 2.30. The van der Waals surface area contributed by atoms with Crippen LogP contribution >= 0.6 is 0 Å². The number of hydrogen-bond acceptors (Lipinski definition) is 2. The zero-order valence-corrected chi connectivity index (χ0v) is 5.30. The van der Waals surface area contributed by atoms with Gasteiger partial charge >= 0.3 is 0 Å². The van der Waals surface area contributed by atoms with Crippen LogP contribution in [0.2, 0.25) is 0 Å². The molecule has 2 unspecified atom stereocenters. The quantitative estimate of drug-likeness (QED) is 0.479. The molecule has 1 aliphatic carbocycles. The summed E-state index contributed by atoms with van der Waals surface area (Å²) in [7, 11) is 0. The molecule has 2 rings (SSSR count). The summed E-state index contributed by atoms with van der Waals surface area (Å²) in [5.74, 6) is 0.963. The molecule has 50 valence electrons. The van der Waals surface area contributed by atoms with Crippen LogP contribution in [0.3, 0.4) is 0 Å². The first-order valence-electron chi connectivity index (χ1n) is 3.48. The summed E-state index contributed by atoms with van der Waals surface area (Å²) in [5.41, 5.74) is 0. The van der Waals surface area contributed by atoms with Gasteiger partial charge in [-0.25, -0.2) is 0 Å². The number of carbonyl (C=O) groups is 1. The SMILES string of the molecule is O=C1CC2COC(C1)C2. The molecule has 0 aromatic carbocycles. The Bertz CT molecular complexity index is 128. The smallest absolute Gasteiger partial charge is 0.135 e. The van der Waals surface area contributed by atoms with Crippen LogP contribution in [0.1, 0.15) is 19.3 Å². The minimum absolute atomic E-state index is 0.288. The minimum atomic E-state index is 0.288. The molecule has 2 nitrogen and oxygen atoms in total. The molecule has 0 amide bonds.